The summed E-state index contributed by atoms with van der Waals surface area (Å²) in [6.07, 6.45) is 7.74. The summed E-state index contributed by atoms with van der Waals surface area (Å²) >= 11 is 0. The molecule has 0 spiro atoms. The van der Waals surface area contributed by atoms with Crippen LogP contribution >= 0.6 is 0 Å². The highest BCUT2D eigenvalue weighted by atomic mass is 16.3. The van der Waals surface area contributed by atoms with Gasteiger partial charge in [-0.1, -0.05) is 35.4 Å². The molecule has 0 heterocycles. The van der Waals surface area contributed by atoms with Crippen LogP contribution in [-0.2, 0) is 0 Å². The monoisotopic (exact) mass is 230 g/mol. The van der Waals surface area contributed by atoms with Gasteiger partial charge in [-0.25, -0.2) is 0 Å². The first kappa shape index (κ1) is 12.4. The smallest absolute Gasteiger partial charge is 0.0829 e. The quantitative estimate of drug-likeness (QED) is 0.770. The van der Waals surface area contributed by atoms with E-state index < -0.39 is 0 Å². The van der Waals surface area contributed by atoms with E-state index in [4.69, 9.17) is 0 Å². The minimum absolute atomic E-state index is 0.333. The molecule has 0 radical (unpaired) electrons. The average Bonchev–Trinajstić information content (AvgIpc) is 2.30. The molecule has 0 aromatic heterocycles. The number of aliphatic hydroxyl groups excluding tert-OH is 1. The van der Waals surface area contributed by atoms with Gasteiger partial charge in [-0.2, -0.15) is 0 Å². The second-order valence-corrected chi connectivity index (χ2v) is 5.19. The van der Waals surface area contributed by atoms with Crippen molar-refractivity contribution in [2.45, 2.75) is 52.1 Å². The fourth-order valence-corrected chi connectivity index (χ4v) is 2.65. The van der Waals surface area contributed by atoms with Crippen molar-refractivity contribution in [3.63, 3.8) is 0 Å². The van der Waals surface area contributed by atoms with Gasteiger partial charge in [-0.05, 0) is 57.1 Å². The summed E-state index contributed by atoms with van der Waals surface area (Å²) in [4.78, 5) is 0. The molecular formula is C16H22O. The summed E-state index contributed by atoms with van der Waals surface area (Å²) in [5, 5.41) is 10.3. The van der Waals surface area contributed by atoms with Crippen molar-refractivity contribution in [1.29, 1.82) is 0 Å². The third kappa shape index (κ3) is 3.19. The van der Waals surface area contributed by atoms with Crippen LogP contribution in [0.5, 0.6) is 0 Å². The molecule has 2 rings (SSSR count). The van der Waals surface area contributed by atoms with Crippen molar-refractivity contribution >= 4 is 0 Å². The molecule has 1 aliphatic rings. The number of allylic oxidation sites excluding steroid dienone is 1. The van der Waals surface area contributed by atoms with Crippen molar-refractivity contribution in [1.82, 2.24) is 0 Å². The third-order valence-electron chi connectivity index (χ3n) is 3.62. The van der Waals surface area contributed by atoms with E-state index in [0.717, 1.165) is 12.0 Å². The van der Waals surface area contributed by atoms with E-state index >= 15 is 0 Å². The van der Waals surface area contributed by atoms with Crippen LogP contribution in [-0.4, -0.2) is 5.11 Å². The largest absolute Gasteiger partial charge is 0.388 e. The van der Waals surface area contributed by atoms with Crippen molar-refractivity contribution in [2.24, 2.45) is 0 Å². The lowest BCUT2D eigenvalue weighted by molar-refractivity contribution is 0.176. The van der Waals surface area contributed by atoms with Crippen molar-refractivity contribution < 1.29 is 5.11 Å². The van der Waals surface area contributed by atoms with Crippen LogP contribution in [0, 0.1) is 13.8 Å². The molecule has 0 saturated heterocycles. The Morgan fingerprint density at radius 3 is 2.71 bits per heavy atom. The van der Waals surface area contributed by atoms with Crippen LogP contribution in [0.15, 0.2) is 29.8 Å². The van der Waals surface area contributed by atoms with E-state index in [2.05, 4.69) is 38.1 Å². The van der Waals surface area contributed by atoms with E-state index in [9.17, 15) is 5.11 Å². The first-order valence-electron chi connectivity index (χ1n) is 6.60. The van der Waals surface area contributed by atoms with Crippen LogP contribution in [0.1, 0.15) is 54.9 Å². The zero-order valence-corrected chi connectivity index (χ0v) is 10.9. The van der Waals surface area contributed by atoms with Crippen LogP contribution in [0.3, 0.4) is 0 Å². The molecule has 0 aliphatic heterocycles. The summed E-state index contributed by atoms with van der Waals surface area (Å²) in [5.74, 6) is 0. The topological polar surface area (TPSA) is 20.2 Å². The molecule has 0 fully saturated rings. The first-order valence-corrected chi connectivity index (χ1v) is 6.60. The maximum absolute atomic E-state index is 10.3. The normalized spacial score (nSPS) is 17.7. The Labute approximate surface area is 104 Å². The zero-order chi connectivity index (χ0) is 12.3. The van der Waals surface area contributed by atoms with Crippen LogP contribution in [0.4, 0.5) is 0 Å². The number of hydrogen-bond acceptors (Lipinski definition) is 1. The fourth-order valence-electron chi connectivity index (χ4n) is 2.65. The Balaban J connectivity index is 2.08. The highest BCUT2D eigenvalue weighted by Gasteiger charge is 2.13. The number of rotatable bonds is 3. The molecule has 0 bridgehead atoms. The predicted molar refractivity (Wildman–Crippen MR) is 72.0 cm³/mol. The van der Waals surface area contributed by atoms with E-state index in [1.807, 2.05) is 0 Å². The Morgan fingerprint density at radius 1 is 1.24 bits per heavy atom. The van der Waals surface area contributed by atoms with Gasteiger partial charge in [0.25, 0.3) is 0 Å². The van der Waals surface area contributed by atoms with Gasteiger partial charge in [0.1, 0.15) is 0 Å². The number of benzene rings is 1. The van der Waals surface area contributed by atoms with Gasteiger partial charge in [0.2, 0.25) is 0 Å². The average molecular weight is 230 g/mol. The minimum atomic E-state index is -0.333. The Kier molecular flexibility index (Phi) is 4.01. The SMILES string of the molecule is Cc1ccc(C(O)CC2=CCCCC2)c(C)c1. The number of aliphatic hydroxyl groups is 1. The highest BCUT2D eigenvalue weighted by Crippen LogP contribution is 2.29. The van der Waals surface area contributed by atoms with Gasteiger partial charge < -0.3 is 5.11 Å². The molecule has 1 aromatic rings. The summed E-state index contributed by atoms with van der Waals surface area (Å²) in [6, 6.07) is 6.30. The number of aryl methyl sites for hydroxylation is 2. The van der Waals surface area contributed by atoms with Gasteiger partial charge in [0, 0.05) is 0 Å². The second-order valence-electron chi connectivity index (χ2n) is 5.19. The van der Waals surface area contributed by atoms with Crippen molar-refractivity contribution in [3.8, 4) is 0 Å². The van der Waals surface area contributed by atoms with Crippen molar-refractivity contribution in [3.05, 3.63) is 46.5 Å². The molecule has 17 heavy (non-hydrogen) atoms. The molecule has 0 amide bonds. The van der Waals surface area contributed by atoms with Gasteiger partial charge in [0.05, 0.1) is 6.10 Å². The first-order chi connectivity index (χ1) is 8.16. The van der Waals surface area contributed by atoms with Gasteiger partial charge in [-0.3, -0.25) is 0 Å². The Hall–Kier alpha value is -1.08. The molecule has 1 heteroatoms. The van der Waals surface area contributed by atoms with Gasteiger partial charge in [0.15, 0.2) is 0 Å². The molecule has 0 saturated carbocycles. The van der Waals surface area contributed by atoms with Gasteiger partial charge >= 0.3 is 0 Å². The van der Waals surface area contributed by atoms with Crippen LogP contribution in [0.2, 0.25) is 0 Å². The van der Waals surface area contributed by atoms with Gasteiger partial charge in [-0.15, -0.1) is 0 Å². The predicted octanol–water partition coefficient (Wildman–Crippen LogP) is 4.23. The molecule has 92 valence electrons. The maximum Gasteiger partial charge on any atom is 0.0829 e. The molecule has 1 N–H and O–H groups in total. The van der Waals surface area contributed by atoms with E-state index in [1.165, 1.54) is 42.4 Å². The molecule has 1 aromatic carbocycles. The summed E-state index contributed by atoms with van der Waals surface area (Å²) < 4.78 is 0. The fraction of sp³-hybridized carbons (Fsp3) is 0.500. The molecule has 1 nitrogen and oxygen atoms in total. The van der Waals surface area contributed by atoms with Crippen LogP contribution in [0.25, 0.3) is 0 Å². The lowest BCUT2D eigenvalue weighted by atomic mass is 9.91. The zero-order valence-electron chi connectivity index (χ0n) is 10.9. The molecule has 1 atom stereocenters. The highest BCUT2D eigenvalue weighted by molar-refractivity contribution is 5.32. The summed E-state index contributed by atoms with van der Waals surface area (Å²) in [6.45, 7) is 4.17. The third-order valence-corrected chi connectivity index (χ3v) is 3.62. The summed E-state index contributed by atoms with van der Waals surface area (Å²) in [5.41, 5.74) is 4.98. The van der Waals surface area contributed by atoms with E-state index in [-0.39, 0.29) is 6.10 Å². The van der Waals surface area contributed by atoms with Crippen molar-refractivity contribution in [2.75, 3.05) is 0 Å². The lowest BCUT2D eigenvalue weighted by Gasteiger charge is -2.18. The molecular weight excluding hydrogens is 208 g/mol. The van der Waals surface area contributed by atoms with E-state index in [1.54, 1.807) is 0 Å². The maximum atomic E-state index is 10.3. The second kappa shape index (κ2) is 5.50. The Bertz CT molecular complexity index is 418. The van der Waals surface area contributed by atoms with Crippen LogP contribution < -0.4 is 0 Å². The molecule has 1 unspecified atom stereocenters. The summed E-state index contributed by atoms with van der Waals surface area (Å²) in [7, 11) is 0. The number of hydrogen-bond donors (Lipinski definition) is 1. The lowest BCUT2D eigenvalue weighted by Crippen LogP contribution is -2.03. The molecule has 1 aliphatic carbocycles. The Morgan fingerprint density at radius 2 is 2.06 bits per heavy atom. The van der Waals surface area contributed by atoms with E-state index in [0.29, 0.717) is 0 Å². The minimum Gasteiger partial charge on any atom is -0.388 e. The standard InChI is InChI=1S/C16H22O/c1-12-8-9-15(13(2)10-12)16(17)11-14-6-4-3-5-7-14/h6,8-10,16-17H,3-5,7,11H2,1-2H3.